The molecule has 1 N–H and O–H groups in total. The molecule has 4 heteroatoms. The fourth-order valence-electron chi connectivity index (χ4n) is 2.64. The Morgan fingerprint density at radius 2 is 2.00 bits per heavy atom. The lowest BCUT2D eigenvalue weighted by atomic mass is 10.0. The maximum Gasteiger partial charge on any atom is 0.318 e. The average molecular weight is 304 g/mol. The van der Waals surface area contributed by atoms with Crippen LogP contribution in [0.2, 0.25) is 0 Å². The molecule has 0 aromatic heterocycles. The van der Waals surface area contributed by atoms with Gasteiger partial charge in [-0.15, -0.1) is 0 Å². The van der Waals surface area contributed by atoms with Crippen LogP contribution in [0.25, 0.3) is 0 Å². The van der Waals surface area contributed by atoms with Crippen molar-refractivity contribution in [3.05, 3.63) is 35.9 Å². The number of urea groups is 1. The Hall–Kier alpha value is -1.55. The van der Waals surface area contributed by atoms with Crippen LogP contribution in [0.3, 0.4) is 0 Å². The van der Waals surface area contributed by atoms with E-state index in [9.17, 15) is 4.79 Å². The van der Waals surface area contributed by atoms with Crippen molar-refractivity contribution < 1.29 is 9.53 Å². The molecule has 0 radical (unpaired) electrons. The lowest BCUT2D eigenvalue weighted by Gasteiger charge is -2.39. The van der Waals surface area contributed by atoms with Gasteiger partial charge >= 0.3 is 6.03 Å². The number of rotatable bonds is 3. The first-order valence-electron chi connectivity index (χ1n) is 8.09. The molecule has 2 atom stereocenters. The van der Waals surface area contributed by atoms with Crippen LogP contribution < -0.4 is 5.32 Å². The molecule has 1 saturated heterocycles. The number of ether oxygens (including phenoxy) is 1. The first-order chi connectivity index (χ1) is 10.3. The van der Waals surface area contributed by atoms with E-state index in [0.29, 0.717) is 13.2 Å². The Labute approximate surface area is 133 Å². The molecule has 22 heavy (non-hydrogen) atoms. The zero-order chi connectivity index (χ0) is 16.2. The zero-order valence-corrected chi connectivity index (χ0v) is 14.1. The van der Waals surface area contributed by atoms with Gasteiger partial charge in [-0.3, -0.25) is 0 Å². The molecule has 2 unspecified atom stereocenters. The minimum atomic E-state index is -0.214. The molecule has 1 fully saturated rings. The monoisotopic (exact) mass is 304 g/mol. The van der Waals surface area contributed by atoms with E-state index in [4.69, 9.17) is 4.74 Å². The van der Waals surface area contributed by atoms with Gasteiger partial charge in [0.2, 0.25) is 0 Å². The predicted molar refractivity (Wildman–Crippen MR) is 89.0 cm³/mol. The van der Waals surface area contributed by atoms with E-state index in [1.807, 2.05) is 38.7 Å². The summed E-state index contributed by atoms with van der Waals surface area (Å²) in [4.78, 5) is 14.3. The molecular weight excluding hydrogens is 276 g/mol. The lowest BCUT2D eigenvalue weighted by Crippen LogP contribution is -2.57. The largest absolute Gasteiger partial charge is 0.374 e. The van der Waals surface area contributed by atoms with Crippen molar-refractivity contribution in [1.82, 2.24) is 10.2 Å². The number of nitrogens with one attached hydrogen (secondary N) is 1. The molecule has 1 aromatic rings. The lowest BCUT2D eigenvalue weighted by molar-refractivity contribution is -0.0447. The smallest absolute Gasteiger partial charge is 0.318 e. The van der Waals surface area contributed by atoms with Crippen LogP contribution in [0.4, 0.5) is 4.79 Å². The third-order valence-electron chi connectivity index (χ3n) is 3.85. The maximum atomic E-state index is 12.4. The quantitative estimate of drug-likeness (QED) is 0.931. The first kappa shape index (κ1) is 16.8. The number of carbonyl (C=O) groups is 1. The van der Waals surface area contributed by atoms with Gasteiger partial charge in [0.05, 0.1) is 18.8 Å². The molecule has 4 nitrogen and oxygen atoms in total. The maximum absolute atomic E-state index is 12.4. The number of hydrogen-bond donors (Lipinski definition) is 1. The van der Waals surface area contributed by atoms with Crippen molar-refractivity contribution >= 4 is 6.03 Å². The summed E-state index contributed by atoms with van der Waals surface area (Å²) in [5, 5.41) is 3.05. The number of benzene rings is 1. The molecule has 0 aliphatic carbocycles. The van der Waals surface area contributed by atoms with Crippen molar-refractivity contribution in [3.63, 3.8) is 0 Å². The third-order valence-corrected chi connectivity index (χ3v) is 3.85. The normalized spacial score (nSPS) is 22.5. The average Bonchev–Trinajstić information content (AvgIpc) is 2.45. The Morgan fingerprint density at radius 3 is 2.64 bits per heavy atom. The van der Waals surface area contributed by atoms with Crippen LogP contribution >= 0.6 is 0 Å². The van der Waals surface area contributed by atoms with E-state index in [1.165, 1.54) is 5.56 Å². The molecule has 2 rings (SSSR count). The van der Waals surface area contributed by atoms with E-state index in [-0.39, 0.29) is 23.7 Å². The minimum absolute atomic E-state index is 0.00742. The van der Waals surface area contributed by atoms with Crippen LogP contribution in [0.5, 0.6) is 0 Å². The molecule has 1 heterocycles. The van der Waals surface area contributed by atoms with Gasteiger partial charge < -0.3 is 15.0 Å². The summed E-state index contributed by atoms with van der Waals surface area (Å²) in [6.45, 7) is 9.32. The number of amides is 2. The second kappa shape index (κ2) is 7.14. The van der Waals surface area contributed by atoms with E-state index < -0.39 is 0 Å². The van der Waals surface area contributed by atoms with Gasteiger partial charge in [0.25, 0.3) is 0 Å². The number of hydrogen-bond acceptors (Lipinski definition) is 2. The predicted octanol–water partition coefficient (Wildman–Crippen LogP) is 3.22. The summed E-state index contributed by atoms with van der Waals surface area (Å²) >= 11 is 0. The van der Waals surface area contributed by atoms with Crippen LogP contribution in [0.1, 0.15) is 39.7 Å². The molecule has 1 aliphatic rings. The van der Waals surface area contributed by atoms with Gasteiger partial charge in [-0.1, -0.05) is 30.3 Å². The highest BCUT2D eigenvalue weighted by Crippen LogP contribution is 2.17. The van der Waals surface area contributed by atoms with Gasteiger partial charge in [-0.05, 0) is 46.1 Å². The Morgan fingerprint density at radius 1 is 1.32 bits per heavy atom. The van der Waals surface area contributed by atoms with Gasteiger partial charge in [-0.2, -0.15) is 0 Å². The second-order valence-electron chi connectivity index (χ2n) is 7.16. The molecule has 122 valence electrons. The van der Waals surface area contributed by atoms with Crippen LogP contribution in [0, 0.1) is 0 Å². The van der Waals surface area contributed by atoms with Crippen molar-refractivity contribution in [2.45, 2.75) is 58.2 Å². The van der Waals surface area contributed by atoms with Gasteiger partial charge in [0.15, 0.2) is 0 Å². The Bertz CT molecular complexity index is 482. The van der Waals surface area contributed by atoms with Crippen molar-refractivity contribution in [1.29, 1.82) is 0 Å². The summed E-state index contributed by atoms with van der Waals surface area (Å²) in [5.41, 5.74) is 1.10. The summed E-state index contributed by atoms with van der Waals surface area (Å²) < 4.78 is 5.90. The highest BCUT2D eigenvalue weighted by Gasteiger charge is 2.30. The van der Waals surface area contributed by atoms with E-state index in [1.54, 1.807) is 0 Å². The zero-order valence-electron chi connectivity index (χ0n) is 14.1. The fraction of sp³-hybridized carbons (Fsp3) is 0.611. The second-order valence-corrected chi connectivity index (χ2v) is 7.16. The van der Waals surface area contributed by atoms with Crippen molar-refractivity contribution in [2.24, 2.45) is 0 Å². The molecule has 0 bridgehead atoms. The van der Waals surface area contributed by atoms with Crippen LogP contribution in [-0.2, 0) is 11.2 Å². The SMILES string of the molecule is CC1COC(CCc2ccccc2)CN1C(=O)NC(C)(C)C. The highest BCUT2D eigenvalue weighted by atomic mass is 16.5. The van der Waals surface area contributed by atoms with Crippen molar-refractivity contribution in [3.8, 4) is 0 Å². The molecule has 2 amide bonds. The van der Waals surface area contributed by atoms with E-state index >= 15 is 0 Å². The third kappa shape index (κ3) is 5.02. The van der Waals surface area contributed by atoms with E-state index in [2.05, 4.69) is 29.6 Å². The number of carbonyl (C=O) groups excluding carboxylic acids is 1. The molecule has 1 aliphatic heterocycles. The van der Waals surface area contributed by atoms with E-state index in [0.717, 1.165) is 12.8 Å². The number of aryl methyl sites for hydroxylation is 1. The topological polar surface area (TPSA) is 41.6 Å². The highest BCUT2D eigenvalue weighted by molar-refractivity contribution is 5.75. The Balaban J connectivity index is 1.89. The van der Waals surface area contributed by atoms with Crippen molar-refractivity contribution in [2.75, 3.05) is 13.2 Å². The van der Waals surface area contributed by atoms with Crippen LogP contribution in [0.15, 0.2) is 30.3 Å². The molecule has 0 saturated carbocycles. The number of morpholine rings is 1. The number of nitrogens with zero attached hydrogens (tertiary/aromatic N) is 1. The Kier molecular flexibility index (Phi) is 5.46. The first-order valence-corrected chi connectivity index (χ1v) is 8.09. The molecule has 0 spiro atoms. The fourth-order valence-corrected chi connectivity index (χ4v) is 2.64. The van der Waals surface area contributed by atoms with Gasteiger partial charge in [0, 0.05) is 12.1 Å². The summed E-state index contributed by atoms with van der Waals surface area (Å²) in [6, 6.07) is 10.5. The summed E-state index contributed by atoms with van der Waals surface area (Å²) in [6.07, 6.45) is 2.03. The standard InChI is InChI=1S/C18H28N2O2/c1-14-13-22-16(11-10-15-8-6-5-7-9-15)12-20(14)17(21)19-18(2,3)4/h5-9,14,16H,10-13H2,1-4H3,(H,19,21). The summed E-state index contributed by atoms with van der Waals surface area (Å²) in [5.74, 6) is 0. The van der Waals surface area contributed by atoms with Gasteiger partial charge in [-0.25, -0.2) is 4.79 Å². The molecule has 1 aromatic carbocycles. The summed E-state index contributed by atoms with van der Waals surface area (Å²) in [7, 11) is 0. The molecular formula is C18H28N2O2. The minimum Gasteiger partial charge on any atom is -0.374 e. The van der Waals surface area contributed by atoms with Gasteiger partial charge in [0.1, 0.15) is 0 Å². The van der Waals surface area contributed by atoms with Crippen LogP contribution in [-0.4, -0.2) is 41.8 Å².